The molecule has 1 saturated carbocycles. The van der Waals surface area contributed by atoms with Crippen molar-refractivity contribution in [1.82, 2.24) is 5.32 Å². The van der Waals surface area contributed by atoms with Crippen molar-refractivity contribution in [1.29, 1.82) is 0 Å². The van der Waals surface area contributed by atoms with Crippen LogP contribution in [0.1, 0.15) is 19.3 Å². The van der Waals surface area contributed by atoms with Gasteiger partial charge >= 0.3 is 6.09 Å². The van der Waals surface area contributed by atoms with Gasteiger partial charge in [-0.1, -0.05) is 29.8 Å². The SMILES string of the molecule is Clc1ccccc1.O=C(O)NC1CCCC(O)C1=O. The van der Waals surface area contributed by atoms with Crippen molar-refractivity contribution < 1.29 is 19.8 Å². The Kier molecular flexibility index (Phi) is 6.32. The lowest BCUT2D eigenvalue weighted by molar-refractivity contribution is -0.131. The molecule has 1 aromatic carbocycles. The van der Waals surface area contributed by atoms with E-state index in [-0.39, 0.29) is 0 Å². The highest BCUT2D eigenvalue weighted by molar-refractivity contribution is 6.30. The van der Waals surface area contributed by atoms with E-state index in [1.807, 2.05) is 30.3 Å². The molecular weight excluding hydrogens is 270 g/mol. The molecule has 0 spiro atoms. The van der Waals surface area contributed by atoms with Gasteiger partial charge in [0.1, 0.15) is 6.10 Å². The number of aliphatic hydroxyl groups is 1. The van der Waals surface area contributed by atoms with Crippen LogP contribution in [0.25, 0.3) is 0 Å². The minimum atomic E-state index is -1.22. The van der Waals surface area contributed by atoms with Crippen LogP contribution in [-0.2, 0) is 4.79 Å². The van der Waals surface area contributed by atoms with Gasteiger partial charge in [-0.3, -0.25) is 4.79 Å². The Morgan fingerprint density at radius 2 is 1.89 bits per heavy atom. The van der Waals surface area contributed by atoms with Crippen molar-refractivity contribution in [3.8, 4) is 0 Å². The third kappa shape index (κ3) is 5.72. The van der Waals surface area contributed by atoms with E-state index in [0.717, 1.165) is 5.02 Å². The number of hydrogen-bond acceptors (Lipinski definition) is 3. The maximum absolute atomic E-state index is 11.1. The van der Waals surface area contributed by atoms with Gasteiger partial charge in [0, 0.05) is 5.02 Å². The lowest BCUT2D eigenvalue weighted by Crippen LogP contribution is -2.47. The fourth-order valence-electron chi connectivity index (χ4n) is 1.74. The van der Waals surface area contributed by atoms with Crippen LogP contribution in [0.5, 0.6) is 0 Å². The van der Waals surface area contributed by atoms with Gasteiger partial charge in [-0.15, -0.1) is 0 Å². The summed E-state index contributed by atoms with van der Waals surface area (Å²) in [5.74, 6) is -0.413. The summed E-state index contributed by atoms with van der Waals surface area (Å²) in [5, 5.41) is 20.3. The van der Waals surface area contributed by atoms with Crippen molar-refractivity contribution in [3.05, 3.63) is 35.4 Å². The quantitative estimate of drug-likeness (QED) is 0.737. The van der Waals surface area contributed by atoms with E-state index < -0.39 is 24.0 Å². The van der Waals surface area contributed by atoms with Gasteiger partial charge < -0.3 is 15.5 Å². The molecule has 1 amide bonds. The molecule has 0 heterocycles. The Labute approximate surface area is 116 Å². The predicted octanol–water partition coefficient (Wildman–Crippen LogP) is 2.08. The smallest absolute Gasteiger partial charge is 0.405 e. The van der Waals surface area contributed by atoms with Crippen LogP contribution >= 0.6 is 11.6 Å². The number of ketones is 1. The molecule has 0 radical (unpaired) electrons. The highest BCUT2D eigenvalue weighted by atomic mass is 35.5. The zero-order valence-electron chi connectivity index (χ0n) is 10.3. The van der Waals surface area contributed by atoms with Crippen LogP contribution in [0.4, 0.5) is 4.79 Å². The van der Waals surface area contributed by atoms with E-state index in [4.69, 9.17) is 21.8 Å². The fourth-order valence-corrected chi connectivity index (χ4v) is 1.88. The normalized spacial score (nSPS) is 22.1. The summed E-state index contributed by atoms with van der Waals surface area (Å²) in [6.45, 7) is 0. The van der Waals surface area contributed by atoms with Crippen molar-refractivity contribution in [2.24, 2.45) is 0 Å². The number of benzene rings is 1. The standard InChI is InChI=1S/C7H11NO4.C6H5Cl/c9-5-3-1-2-4(6(5)10)8-7(11)12;7-6-4-2-1-3-5-6/h4-5,8-9H,1-3H2,(H,11,12);1-5H. The molecular formula is C13H16ClNO4. The van der Waals surface area contributed by atoms with Gasteiger partial charge in [-0.25, -0.2) is 4.79 Å². The second kappa shape index (κ2) is 7.76. The second-order valence-corrected chi connectivity index (χ2v) is 4.58. The third-order valence-electron chi connectivity index (χ3n) is 2.67. The lowest BCUT2D eigenvalue weighted by atomic mass is 9.92. The molecule has 1 aromatic rings. The lowest BCUT2D eigenvalue weighted by Gasteiger charge is -2.23. The molecule has 2 rings (SSSR count). The number of Topliss-reactive ketones (excluding diaryl/α,β-unsaturated/α-hetero) is 1. The Bertz CT molecular complexity index is 424. The number of aliphatic hydroxyl groups excluding tert-OH is 1. The van der Waals surface area contributed by atoms with Crippen LogP contribution in [-0.4, -0.2) is 34.2 Å². The first-order valence-corrected chi connectivity index (χ1v) is 6.30. The van der Waals surface area contributed by atoms with E-state index in [1.165, 1.54) is 0 Å². The molecule has 6 heteroatoms. The van der Waals surface area contributed by atoms with E-state index in [9.17, 15) is 9.59 Å². The number of carbonyl (C=O) groups excluding carboxylic acids is 1. The zero-order valence-corrected chi connectivity index (χ0v) is 11.0. The fraction of sp³-hybridized carbons (Fsp3) is 0.385. The molecule has 1 aliphatic carbocycles. The summed E-state index contributed by atoms with van der Waals surface area (Å²) >= 11 is 5.54. The highest BCUT2D eigenvalue weighted by Crippen LogP contribution is 2.15. The maximum atomic E-state index is 11.1. The van der Waals surface area contributed by atoms with Crippen molar-refractivity contribution in [3.63, 3.8) is 0 Å². The van der Waals surface area contributed by atoms with Gasteiger partial charge in [-0.05, 0) is 31.4 Å². The van der Waals surface area contributed by atoms with Crippen molar-refractivity contribution in [2.75, 3.05) is 0 Å². The topological polar surface area (TPSA) is 86.6 Å². The van der Waals surface area contributed by atoms with Crippen LogP contribution in [0.15, 0.2) is 30.3 Å². The Morgan fingerprint density at radius 3 is 2.37 bits per heavy atom. The molecule has 0 bridgehead atoms. The molecule has 19 heavy (non-hydrogen) atoms. The molecule has 2 atom stereocenters. The van der Waals surface area contributed by atoms with Crippen LogP contribution in [0, 0.1) is 0 Å². The van der Waals surface area contributed by atoms with E-state index in [1.54, 1.807) is 0 Å². The van der Waals surface area contributed by atoms with Crippen molar-refractivity contribution >= 4 is 23.5 Å². The number of nitrogens with one attached hydrogen (secondary N) is 1. The minimum Gasteiger partial charge on any atom is -0.465 e. The highest BCUT2D eigenvalue weighted by Gasteiger charge is 2.30. The van der Waals surface area contributed by atoms with Gasteiger partial charge in [0.25, 0.3) is 0 Å². The molecule has 1 aliphatic rings. The Hall–Kier alpha value is -1.59. The van der Waals surface area contributed by atoms with E-state index in [0.29, 0.717) is 19.3 Å². The summed E-state index contributed by atoms with van der Waals surface area (Å²) in [5.41, 5.74) is 0. The molecule has 0 aliphatic heterocycles. The van der Waals surface area contributed by atoms with Gasteiger partial charge in [0.2, 0.25) is 0 Å². The number of carboxylic acid groups (broad SMARTS) is 1. The molecule has 2 unspecified atom stereocenters. The zero-order chi connectivity index (χ0) is 14.3. The van der Waals surface area contributed by atoms with E-state index >= 15 is 0 Å². The molecule has 5 nitrogen and oxygen atoms in total. The summed E-state index contributed by atoms with van der Waals surface area (Å²) in [7, 11) is 0. The predicted molar refractivity (Wildman–Crippen MR) is 71.3 cm³/mol. The summed E-state index contributed by atoms with van der Waals surface area (Å²) in [6, 6.07) is 8.73. The minimum absolute atomic E-state index is 0.413. The van der Waals surface area contributed by atoms with Crippen molar-refractivity contribution in [2.45, 2.75) is 31.4 Å². The summed E-state index contributed by atoms with van der Waals surface area (Å²) in [6.07, 6.45) is -0.602. The van der Waals surface area contributed by atoms with Crippen LogP contribution < -0.4 is 5.32 Å². The first-order valence-electron chi connectivity index (χ1n) is 5.92. The number of amides is 1. The number of halogens is 1. The average molecular weight is 286 g/mol. The average Bonchev–Trinajstić information content (AvgIpc) is 2.36. The summed E-state index contributed by atoms with van der Waals surface area (Å²) in [4.78, 5) is 21.3. The molecule has 0 aromatic heterocycles. The third-order valence-corrected chi connectivity index (χ3v) is 2.93. The maximum Gasteiger partial charge on any atom is 0.405 e. The largest absolute Gasteiger partial charge is 0.465 e. The van der Waals surface area contributed by atoms with Crippen LogP contribution in [0.2, 0.25) is 5.02 Å². The van der Waals surface area contributed by atoms with E-state index in [2.05, 4.69) is 5.32 Å². The number of carbonyl (C=O) groups is 2. The first kappa shape index (κ1) is 15.5. The first-order chi connectivity index (χ1) is 9.00. The van der Waals surface area contributed by atoms with Gasteiger partial charge in [-0.2, -0.15) is 0 Å². The molecule has 3 N–H and O–H groups in total. The van der Waals surface area contributed by atoms with Gasteiger partial charge in [0.15, 0.2) is 5.78 Å². The second-order valence-electron chi connectivity index (χ2n) is 4.15. The monoisotopic (exact) mass is 285 g/mol. The number of hydrogen-bond donors (Lipinski definition) is 3. The number of rotatable bonds is 1. The Morgan fingerprint density at radius 1 is 1.26 bits per heavy atom. The van der Waals surface area contributed by atoms with Crippen LogP contribution in [0.3, 0.4) is 0 Å². The van der Waals surface area contributed by atoms with Gasteiger partial charge in [0.05, 0.1) is 6.04 Å². The molecule has 104 valence electrons. The molecule has 0 saturated heterocycles. The Balaban J connectivity index is 0.000000218. The molecule has 1 fully saturated rings. The summed E-state index contributed by atoms with van der Waals surface area (Å²) < 4.78 is 0.